The first-order valence-corrected chi connectivity index (χ1v) is 9.89. The van der Waals surface area contributed by atoms with Crippen molar-refractivity contribution in [3.05, 3.63) is 58.9 Å². The number of rotatable bonds is 2. The molecule has 1 aliphatic carbocycles. The van der Waals surface area contributed by atoms with E-state index in [1.54, 1.807) is 0 Å². The predicted molar refractivity (Wildman–Crippen MR) is 103 cm³/mol. The Balaban J connectivity index is 0. The van der Waals surface area contributed by atoms with Gasteiger partial charge in [-0.05, 0) is 0 Å². The fourth-order valence-corrected chi connectivity index (χ4v) is 2.41. The van der Waals surface area contributed by atoms with E-state index in [-0.39, 0.29) is 27.8 Å². The zero-order chi connectivity index (χ0) is 17.1. The molecule has 1 radical (unpaired) electrons. The third-order valence-electron chi connectivity index (χ3n) is 3.98. The summed E-state index contributed by atoms with van der Waals surface area (Å²) in [5, 5.41) is 1.49. The molecular weight excluding hydrogens is 330 g/mol. The van der Waals surface area contributed by atoms with Crippen LogP contribution in [0, 0.1) is 12.0 Å². The van der Waals surface area contributed by atoms with Gasteiger partial charge < -0.3 is 5.73 Å². The SMILES string of the molecule is CC1=[C-]C(C)C(C)=C1C.CCC(C)[NH-].C[SiH]c1ccccc1.[Ti+2]. The molecule has 0 bridgehead atoms. The largest absolute Gasteiger partial charge is 2.00 e. The molecule has 1 aliphatic rings. The molecular formula is C20H32NSiTi. The number of hydrogen-bond acceptors (Lipinski definition) is 0. The average molecular weight is 362 g/mol. The van der Waals surface area contributed by atoms with E-state index >= 15 is 0 Å². The maximum atomic E-state index is 6.83. The number of benzene rings is 1. The van der Waals surface area contributed by atoms with Crippen molar-refractivity contribution in [1.82, 2.24) is 0 Å². The summed E-state index contributed by atoms with van der Waals surface area (Å²) < 4.78 is 0. The molecule has 1 aromatic carbocycles. The Morgan fingerprint density at radius 3 is 1.83 bits per heavy atom. The van der Waals surface area contributed by atoms with Crippen LogP contribution in [0.3, 0.4) is 0 Å². The van der Waals surface area contributed by atoms with Crippen molar-refractivity contribution in [2.24, 2.45) is 5.92 Å². The molecule has 1 nitrogen and oxygen atoms in total. The second-order valence-electron chi connectivity index (χ2n) is 5.81. The van der Waals surface area contributed by atoms with E-state index < -0.39 is 0 Å². The number of nitrogens with one attached hydrogen (secondary N) is 1. The van der Waals surface area contributed by atoms with E-state index in [1.165, 1.54) is 21.9 Å². The van der Waals surface area contributed by atoms with Crippen LogP contribution >= 0.6 is 0 Å². The maximum absolute atomic E-state index is 6.83. The van der Waals surface area contributed by atoms with E-state index in [0.29, 0.717) is 15.4 Å². The van der Waals surface area contributed by atoms with Crippen molar-refractivity contribution in [2.45, 2.75) is 60.6 Å². The van der Waals surface area contributed by atoms with E-state index in [2.05, 4.69) is 70.6 Å². The normalized spacial score (nSPS) is 17.0. The van der Waals surface area contributed by atoms with Gasteiger partial charge >= 0.3 is 21.7 Å². The minimum atomic E-state index is 0. The van der Waals surface area contributed by atoms with Crippen LogP contribution in [0.5, 0.6) is 0 Å². The summed E-state index contributed by atoms with van der Waals surface area (Å²) in [5.74, 6) is 0.560. The minimum absolute atomic E-state index is 0. The molecule has 1 N–H and O–H groups in total. The molecule has 0 aromatic heterocycles. The summed E-state index contributed by atoms with van der Waals surface area (Å²) in [6, 6.07) is 10.7. The van der Waals surface area contributed by atoms with Crippen molar-refractivity contribution in [3.63, 3.8) is 0 Å². The summed E-state index contributed by atoms with van der Waals surface area (Å²) in [6.07, 6.45) is 4.33. The number of hydrogen-bond donors (Lipinski definition) is 0. The molecule has 0 amide bonds. The van der Waals surface area contributed by atoms with Crippen LogP contribution < -0.4 is 5.19 Å². The quantitative estimate of drug-likeness (QED) is 0.500. The van der Waals surface area contributed by atoms with Gasteiger partial charge in [0.1, 0.15) is 0 Å². The fraction of sp³-hybridized carbons (Fsp3) is 0.500. The van der Waals surface area contributed by atoms with E-state index in [0.717, 1.165) is 6.42 Å². The minimum Gasteiger partial charge on any atom is -0.675 e. The molecule has 0 saturated carbocycles. The predicted octanol–water partition coefficient (Wildman–Crippen LogP) is 5.35. The molecule has 2 rings (SSSR count). The molecule has 23 heavy (non-hydrogen) atoms. The second-order valence-corrected chi connectivity index (χ2v) is 7.05. The van der Waals surface area contributed by atoms with Crippen molar-refractivity contribution < 1.29 is 21.7 Å². The molecule has 0 heterocycles. The van der Waals surface area contributed by atoms with Crippen LogP contribution in [-0.2, 0) is 21.7 Å². The molecule has 0 saturated heterocycles. The molecule has 3 heteroatoms. The summed E-state index contributed by atoms with van der Waals surface area (Å²) >= 11 is 0. The summed E-state index contributed by atoms with van der Waals surface area (Å²) in [7, 11) is 0.511. The summed E-state index contributed by atoms with van der Waals surface area (Å²) in [4.78, 5) is 0. The van der Waals surface area contributed by atoms with E-state index in [1.807, 2.05) is 13.8 Å². The molecule has 2 unspecified atom stereocenters. The van der Waals surface area contributed by atoms with Crippen molar-refractivity contribution in [2.75, 3.05) is 0 Å². The third-order valence-corrected chi connectivity index (χ3v) is 5.03. The Hall–Kier alpha value is -0.409. The van der Waals surface area contributed by atoms with Crippen LogP contribution in [0.1, 0.15) is 48.0 Å². The van der Waals surface area contributed by atoms with Gasteiger partial charge in [-0.15, -0.1) is 13.0 Å². The Morgan fingerprint density at radius 1 is 1.17 bits per heavy atom. The first kappa shape index (κ1) is 24.8. The standard InChI is InChI=1S/C9H13.C7H9Si.C4H10N.Ti/c1-6-5-7(2)9(4)8(6)3;1-8-7-5-3-2-4-6-7;1-3-4(2)5;/h6H,1-4H3;2-6,8H,1H3;4-5H,3H2,1-2H3;/q-1;;-1;+2. The zero-order valence-corrected chi connectivity index (χ0v) is 18.5. The molecule has 2 atom stereocenters. The summed E-state index contributed by atoms with van der Waals surface area (Å²) in [6.45, 7) is 14.8. The average Bonchev–Trinajstić information content (AvgIpc) is 2.75. The third kappa shape index (κ3) is 10.9. The summed E-state index contributed by atoms with van der Waals surface area (Å²) in [5.41, 5.74) is 11.1. The molecule has 0 spiro atoms. The van der Waals surface area contributed by atoms with Crippen LogP contribution in [0.25, 0.3) is 5.73 Å². The topological polar surface area (TPSA) is 23.8 Å². The Labute approximate surface area is 161 Å². The van der Waals surface area contributed by atoms with Gasteiger partial charge in [0, 0.05) is 0 Å². The van der Waals surface area contributed by atoms with Gasteiger partial charge in [-0.1, -0.05) is 89.0 Å². The number of allylic oxidation sites excluding steroid dienone is 4. The molecule has 125 valence electrons. The monoisotopic (exact) mass is 362 g/mol. The Kier molecular flexibility index (Phi) is 15.1. The van der Waals surface area contributed by atoms with Gasteiger partial charge in [0.25, 0.3) is 0 Å². The van der Waals surface area contributed by atoms with Crippen molar-refractivity contribution in [3.8, 4) is 0 Å². The second kappa shape index (κ2) is 14.0. The van der Waals surface area contributed by atoms with Gasteiger partial charge in [0.2, 0.25) is 0 Å². The van der Waals surface area contributed by atoms with Crippen molar-refractivity contribution >= 4 is 14.7 Å². The van der Waals surface area contributed by atoms with Crippen molar-refractivity contribution in [1.29, 1.82) is 0 Å². The molecule has 0 aliphatic heterocycles. The van der Waals surface area contributed by atoms with E-state index in [9.17, 15) is 0 Å². The van der Waals surface area contributed by atoms with Crippen LogP contribution in [0.4, 0.5) is 0 Å². The van der Waals surface area contributed by atoms with E-state index in [4.69, 9.17) is 5.73 Å². The van der Waals surface area contributed by atoms with Gasteiger partial charge in [0.15, 0.2) is 0 Å². The van der Waals surface area contributed by atoms with Crippen LogP contribution in [0.2, 0.25) is 6.55 Å². The van der Waals surface area contributed by atoms with Crippen LogP contribution in [-0.4, -0.2) is 15.6 Å². The molecule has 1 aromatic rings. The fourth-order valence-electron chi connectivity index (χ4n) is 1.81. The smallest absolute Gasteiger partial charge is 0.675 e. The Bertz CT molecular complexity index is 478. The van der Waals surface area contributed by atoms with Gasteiger partial charge in [0.05, 0.1) is 9.52 Å². The maximum Gasteiger partial charge on any atom is 2.00 e. The van der Waals surface area contributed by atoms with Gasteiger partial charge in [-0.25, -0.2) is 5.57 Å². The first-order chi connectivity index (χ1) is 10.3. The Morgan fingerprint density at radius 2 is 1.65 bits per heavy atom. The van der Waals surface area contributed by atoms with Crippen LogP contribution in [0.15, 0.2) is 47.1 Å². The first-order valence-electron chi connectivity index (χ1n) is 8.16. The zero-order valence-electron chi connectivity index (χ0n) is 15.8. The van der Waals surface area contributed by atoms with Gasteiger partial charge in [-0.3, -0.25) is 6.08 Å². The van der Waals surface area contributed by atoms with Gasteiger partial charge in [-0.2, -0.15) is 11.1 Å². The molecule has 0 fully saturated rings.